The fourth-order valence-corrected chi connectivity index (χ4v) is 4.49. The number of aryl methyl sites for hydroxylation is 1. The largest absolute Gasteiger partial charge is 0.497 e. The van der Waals surface area contributed by atoms with Crippen LogP contribution in [0.15, 0.2) is 52.5 Å². The number of nitrogens with zero attached hydrogens (tertiary/aromatic N) is 1. The zero-order valence-electron chi connectivity index (χ0n) is 16.1. The summed E-state index contributed by atoms with van der Waals surface area (Å²) in [4.78, 5) is 6.01. The summed E-state index contributed by atoms with van der Waals surface area (Å²) >= 11 is 0. The Kier molecular flexibility index (Phi) is 4.63. The molecule has 6 nitrogen and oxygen atoms in total. The van der Waals surface area contributed by atoms with Crippen LogP contribution in [-0.2, 0) is 16.4 Å². The van der Waals surface area contributed by atoms with Gasteiger partial charge in [0, 0.05) is 17.0 Å². The van der Waals surface area contributed by atoms with E-state index in [1.165, 1.54) is 5.56 Å². The molecule has 0 saturated carbocycles. The van der Waals surface area contributed by atoms with Crippen LogP contribution in [0.4, 0.5) is 0 Å². The number of benzene rings is 2. The molecule has 146 valence electrons. The third-order valence-corrected chi connectivity index (χ3v) is 6.35. The first-order valence-electron chi connectivity index (χ1n) is 9.21. The van der Waals surface area contributed by atoms with E-state index in [-0.39, 0.29) is 4.90 Å². The minimum absolute atomic E-state index is 0.202. The second kappa shape index (κ2) is 6.98. The van der Waals surface area contributed by atoms with Gasteiger partial charge in [-0.05, 0) is 55.5 Å². The van der Waals surface area contributed by atoms with Gasteiger partial charge in [0.15, 0.2) is 0 Å². The minimum atomic E-state index is -3.71. The van der Waals surface area contributed by atoms with Crippen LogP contribution in [0.3, 0.4) is 0 Å². The Morgan fingerprint density at radius 3 is 2.61 bits per heavy atom. The summed E-state index contributed by atoms with van der Waals surface area (Å²) in [5.41, 5.74) is 4.76. The predicted molar refractivity (Wildman–Crippen MR) is 110 cm³/mol. The van der Waals surface area contributed by atoms with E-state index < -0.39 is 10.0 Å². The van der Waals surface area contributed by atoms with Gasteiger partial charge in [-0.1, -0.05) is 24.6 Å². The Bertz CT molecular complexity index is 1160. The number of aromatic nitrogens is 1. The van der Waals surface area contributed by atoms with Crippen LogP contribution in [0.25, 0.3) is 10.9 Å². The van der Waals surface area contributed by atoms with Gasteiger partial charge in [-0.2, -0.15) is 18.4 Å². The average molecular weight is 398 g/mol. The van der Waals surface area contributed by atoms with Gasteiger partial charge < -0.3 is 9.72 Å². The summed E-state index contributed by atoms with van der Waals surface area (Å²) in [6.45, 7) is 4.06. The van der Waals surface area contributed by atoms with Crippen molar-refractivity contribution in [2.24, 2.45) is 11.0 Å². The van der Waals surface area contributed by atoms with E-state index in [4.69, 9.17) is 4.74 Å². The highest BCUT2D eigenvalue weighted by Crippen LogP contribution is 2.33. The van der Waals surface area contributed by atoms with Gasteiger partial charge in [0.25, 0.3) is 10.0 Å². The lowest BCUT2D eigenvalue weighted by Crippen LogP contribution is -2.24. The number of hydrazone groups is 1. The summed E-state index contributed by atoms with van der Waals surface area (Å²) in [5, 5.41) is 5.42. The van der Waals surface area contributed by atoms with E-state index in [0.29, 0.717) is 12.3 Å². The fourth-order valence-electron chi connectivity index (χ4n) is 3.66. The molecule has 1 atom stereocenters. The first kappa shape index (κ1) is 18.6. The zero-order valence-corrected chi connectivity index (χ0v) is 16.9. The first-order chi connectivity index (χ1) is 13.4. The molecular formula is C21H23N3O3S. The third kappa shape index (κ3) is 3.38. The summed E-state index contributed by atoms with van der Waals surface area (Å²) in [5.74, 6) is 1.15. The van der Waals surface area contributed by atoms with Crippen molar-refractivity contribution < 1.29 is 13.2 Å². The number of nitrogens with one attached hydrogen (secondary N) is 2. The number of fused-ring (bicyclic) bond motifs is 3. The van der Waals surface area contributed by atoms with Gasteiger partial charge in [-0.3, -0.25) is 0 Å². The van der Waals surface area contributed by atoms with Crippen LogP contribution in [0.5, 0.6) is 5.75 Å². The summed E-state index contributed by atoms with van der Waals surface area (Å²) in [6.07, 6.45) is 1.62. The van der Waals surface area contributed by atoms with Crippen LogP contribution in [0, 0.1) is 12.8 Å². The number of hydrogen-bond donors (Lipinski definition) is 2. The Balaban J connectivity index is 1.72. The molecule has 1 aromatic heterocycles. The van der Waals surface area contributed by atoms with Crippen molar-refractivity contribution in [1.82, 2.24) is 9.82 Å². The summed E-state index contributed by atoms with van der Waals surface area (Å²) in [7, 11) is -2.07. The summed E-state index contributed by atoms with van der Waals surface area (Å²) in [6, 6.07) is 12.6. The van der Waals surface area contributed by atoms with Crippen molar-refractivity contribution in [1.29, 1.82) is 0 Å². The molecule has 0 fully saturated rings. The molecule has 1 heterocycles. The van der Waals surface area contributed by atoms with E-state index in [1.807, 2.05) is 25.1 Å². The molecule has 1 aliphatic rings. The highest BCUT2D eigenvalue weighted by Gasteiger charge is 2.26. The van der Waals surface area contributed by atoms with Crippen LogP contribution in [0.1, 0.15) is 30.2 Å². The Hall–Kier alpha value is -2.80. The van der Waals surface area contributed by atoms with E-state index in [2.05, 4.69) is 21.8 Å². The average Bonchev–Trinajstić information content (AvgIpc) is 3.04. The van der Waals surface area contributed by atoms with Crippen LogP contribution >= 0.6 is 0 Å². The highest BCUT2D eigenvalue weighted by atomic mass is 32.2. The number of H-pyrrole nitrogens is 1. The molecule has 28 heavy (non-hydrogen) atoms. The first-order valence-corrected chi connectivity index (χ1v) is 10.7. The third-order valence-electron chi connectivity index (χ3n) is 5.13. The molecule has 0 amide bonds. The van der Waals surface area contributed by atoms with Gasteiger partial charge in [0.2, 0.25) is 0 Å². The Morgan fingerprint density at radius 2 is 1.89 bits per heavy atom. The summed E-state index contributed by atoms with van der Waals surface area (Å²) < 4.78 is 30.5. The molecule has 2 N–H and O–H groups in total. The van der Waals surface area contributed by atoms with Gasteiger partial charge in [-0.25, -0.2) is 0 Å². The number of methoxy groups -OCH3 is 1. The van der Waals surface area contributed by atoms with E-state index in [1.54, 1.807) is 31.4 Å². The van der Waals surface area contributed by atoms with Gasteiger partial charge in [0.05, 0.1) is 23.4 Å². The maximum Gasteiger partial charge on any atom is 0.276 e. The molecule has 3 aromatic rings. The smallest absolute Gasteiger partial charge is 0.276 e. The number of aromatic amines is 1. The van der Waals surface area contributed by atoms with E-state index >= 15 is 0 Å². The van der Waals surface area contributed by atoms with Crippen molar-refractivity contribution in [3.05, 3.63) is 59.3 Å². The van der Waals surface area contributed by atoms with E-state index in [9.17, 15) is 8.42 Å². The van der Waals surface area contributed by atoms with Gasteiger partial charge >= 0.3 is 0 Å². The molecule has 1 unspecified atom stereocenters. The minimum Gasteiger partial charge on any atom is -0.497 e. The molecular weight excluding hydrogens is 374 g/mol. The quantitative estimate of drug-likeness (QED) is 0.658. The highest BCUT2D eigenvalue weighted by molar-refractivity contribution is 7.89. The molecule has 0 spiro atoms. The van der Waals surface area contributed by atoms with Crippen molar-refractivity contribution in [3.8, 4) is 5.75 Å². The standard InChI is InChI=1S/C21H23N3O3S/c1-13-4-7-16(8-5-13)28(25,26)24-23-20-11-14(2)10-18-17-9-6-15(27-3)12-19(17)22-21(18)20/h4-9,12,14,22,24H,10-11H2,1-3H3/b23-20-. The molecule has 4 rings (SSSR count). The molecule has 0 radical (unpaired) electrons. The number of hydrogen-bond acceptors (Lipinski definition) is 4. The second-order valence-corrected chi connectivity index (χ2v) is 9.03. The lowest BCUT2D eigenvalue weighted by molar-refractivity contribution is 0.415. The SMILES string of the molecule is COc1ccc2c3c([nH]c2c1)/C(=N\NS(=O)(=O)c1ccc(C)cc1)CC(C)C3. The Morgan fingerprint density at radius 1 is 1.14 bits per heavy atom. The zero-order chi connectivity index (χ0) is 19.9. The van der Waals surface area contributed by atoms with Gasteiger partial charge in [-0.15, -0.1) is 0 Å². The van der Waals surface area contributed by atoms with Crippen LogP contribution in [0.2, 0.25) is 0 Å². The molecule has 7 heteroatoms. The van der Waals surface area contributed by atoms with Crippen LogP contribution in [-0.4, -0.2) is 26.2 Å². The molecule has 2 aromatic carbocycles. The number of sulfonamides is 1. The monoisotopic (exact) mass is 397 g/mol. The normalized spacial score (nSPS) is 18.2. The fraction of sp³-hybridized carbons (Fsp3) is 0.286. The lowest BCUT2D eigenvalue weighted by atomic mass is 9.86. The lowest BCUT2D eigenvalue weighted by Gasteiger charge is -2.20. The van der Waals surface area contributed by atoms with Crippen molar-refractivity contribution in [2.45, 2.75) is 31.6 Å². The number of rotatable bonds is 4. The van der Waals surface area contributed by atoms with Gasteiger partial charge in [0.1, 0.15) is 5.75 Å². The van der Waals surface area contributed by atoms with Crippen LogP contribution < -0.4 is 9.57 Å². The second-order valence-electron chi connectivity index (χ2n) is 7.37. The Labute approximate surface area is 164 Å². The molecule has 0 bridgehead atoms. The molecule has 1 aliphatic carbocycles. The topological polar surface area (TPSA) is 83.5 Å². The van der Waals surface area contributed by atoms with Crippen molar-refractivity contribution in [3.63, 3.8) is 0 Å². The van der Waals surface area contributed by atoms with Crippen molar-refractivity contribution in [2.75, 3.05) is 7.11 Å². The maximum atomic E-state index is 12.6. The van der Waals surface area contributed by atoms with Crippen molar-refractivity contribution >= 4 is 26.6 Å². The maximum absolute atomic E-state index is 12.6. The number of ether oxygens (including phenoxy) is 1. The predicted octanol–water partition coefficient (Wildman–Crippen LogP) is 3.75. The van der Waals surface area contributed by atoms with E-state index in [0.717, 1.165) is 40.0 Å². The molecule has 0 saturated heterocycles. The molecule has 0 aliphatic heterocycles.